The highest BCUT2D eigenvalue weighted by Crippen LogP contribution is 2.31. The Morgan fingerprint density at radius 2 is 1.90 bits per heavy atom. The summed E-state index contributed by atoms with van der Waals surface area (Å²) in [7, 11) is 0. The van der Waals surface area contributed by atoms with Gasteiger partial charge in [-0.2, -0.15) is 8.78 Å². The van der Waals surface area contributed by atoms with Gasteiger partial charge in [0.15, 0.2) is 12.4 Å². The van der Waals surface area contributed by atoms with Crippen LogP contribution in [0.25, 0.3) is 0 Å². The van der Waals surface area contributed by atoms with Crippen LogP contribution in [0.5, 0.6) is 11.5 Å². The molecule has 158 valence electrons. The number of hydrogen-bond acceptors (Lipinski definition) is 5. The van der Waals surface area contributed by atoms with E-state index in [0.717, 1.165) is 31.5 Å². The first-order valence-corrected chi connectivity index (χ1v) is 9.85. The number of nitrogens with zero attached hydrogens (tertiary/aromatic N) is 1. The average molecular weight is 416 g/mol. The van der Waals surface area contributed by atoms with Crippen LogP contribution in [0.15, 0.2) is 42.5 Å². The molecule has 0 bridgehead atoms. The standard InChI is InChI=1S/C22H22F2N2O4/c23-22(24)30-17-4-1-14(2-5-17)12-26-9-7-15(8-10-26)21(28)16-3-6-19-18(11-16)25-20(27)13-29-19/h1-6,11,15,22H,7-10,12-13H2,(H,25,27). The van der Waals surface area contributed by atoms with Gasteiger partial charge in [0.1, 0.15) is 11.5 Å². The van der Waals surface area contributed by atoms with Gasteiger partial charge in [-0.3, -0.25) is 14.5 Å². The van der Waals surface area contributed by atoms with Gasteiger partial charge in [0.25, 0.3) is 5.91 Å². The van der Waals surface area contributed by atoms with Crippen molar-refractivity contribution in [2.24, 2.45) is 5.92 Å². The van der Waals surface area contributed by atoms with Crippen LogP contribution >= 0.6 is 0 Å². The fraction of sp³-hybridized carbons (Fsp3) is 0.364. The minimum absolute atomic E-state index is 0.0132. The van der Waals surface area contributed by atoms with E-state index in [9.17, 15) is 18.4 Å². The highest BCUT2D eigenvalue weighted by atomic mass is 19.3. The molecule has 2 aromatic rings. The minimum Gasteiger partial charge on any atom is -0.482 e. The number of ether oxygens (including phenoxy) is 2. The van der Waals surface area contributed by atoms with Gasteiger partial charge in [0.05, 0.1) is 5.69 Å². The Morgan fingerprint density at radius 1 is 1.17 bits per heavy atom. The lowest BCUT2D eigenvalue weighted by atomic mass is 9.88. The summed E-state index contributed by atoms with van der Waals surface area (Å²) in [6.07, 6.45) is 1.48. The van der Waals surface area contributed by atoms with Gasteiger partial charge in [-0.1, -0.05) is 12.1 Å². The molecule has 0 aliphatic carbocycles. The van der Waals surface area contributed by atoms with Crippen molar-refractivity contribution in [3.05, 3.63) is 53.6 Å². The summed E-state index contributed by atoms with van der Waals surface area (Å²) in [6.45, 7) is -0.600. The Balaban J connectivity index is 1.31. The average Bonchev–Trinajstić information content (AvgIpc) is 2.74. The molecule has 0 spiro atoms. The summed E-state index contributed by atoms with van der Waals surface area (Å²) < 4.78 is 34.2. The number of hydrogen-bond donors (Lipinski definition) is 1. The van der Waals surface area contributed by atoms with Gasteiger partial charge in [-0.25, -0.2) is 0 Å². The lowest BCUT2D eigenvalue weighted by Crippen LogP contribution is -2.36. The van der Waals surface area contributed by atoms with Gasteiger partial charge >= 0.3 is 6.61 Å². The Hall–Kier alpha value is -3.00. The number of anilines is 1. The molecule has 2 aromatic carbocycles. The zero-order chi connectivity index (χ0) is 21.1. The van der Waals surface area contributed by atoms with E-state index in [1.54, 1.807) is 30.3 Å². The smallest absolute Gasteiger partial charge is 0.387 e. The molecule has 6 nitrogen and oxygen atoms in total. The molecule has 2 heterocycles. The van der Waals surface area contributed by atoms with Crippen LogP contribution in [0.3, 0.4) is 0 Å². The van der Waals surface area contributed by atoms with E-state index in [1.165, 1.54) is 12.1 Å². The third-order valence-electron chi connectivity index (χ3n) is 5.41. The van der Waals surface area contributed by atoms with Crippen molar-refractivity contribution in [2.75, 3.05) is 25.0 Å². The predicted molar refractivity (Wildman–Crippen MR) is 106 cm³/mol. The number of halogens is 2. The van der Waals surface area contributed by atoms with Crippen molar-refractivity contribution < 1.29 is 27.8 Å². The highest BCUT2D eigenvalue weighted by molar-refractivity contribution is 6.01. The van der Waals surface area contributed by atoms with E-state index in [2.05, 4.69) is 15.0 Å². The normalized spacial score (nSPS) is 17.2. The number of amides is 1. The molecule has 30 heavy (non-hydrogen) atoms. The number of ketones is 1. The number of likely N-dealkylation sites (tertiary alicyclic amines) is 1. The zero-order valence-electron chi connectivity index (χ0n) is 16.3. The number of piperidine rings is 1. The molecular weight excluding hydrogens is 394 g/mol. The van der Waals surface area contributed by atoms with Crippen LogP contribution in [-0.2, 0) is 11.3 Å². The molecule has 0 atom stereocenters. The number of fused-ring (bicyclic) bond motifs is 1. The van der Waals surface area contributed by atoms with Crippen LogP contribution < -0.4 is 14.8 Å². The lowest BCUT2D eigenvalue weighted by molar-refractivity contribution is -0.118. The van der Waals surface area contributed by atoms with E-state index >= 15 is 0 Å². The maximum atomic E-state index is 12.9. The number of rotatable bonds is 6. The molecule has 2 aliphatic heterocycles. The summed E-state index contributed by atoms with van der Waals surface area (Å²) in [5.74, 6) is 0.497. The first-order chi connectivity index (χ1) is 14.5. The number of alkyl halides is 2. The SMILES string of the molecule is O=C1COc2ccc(C(=O)C3CCN(Cc4ccc(OC(F)F)cc4)CC3)cc2N1. The quantitative estimate of drug-likeness (QED) is 0.727. The molecule has 0 aromatic heterocycles. The molecular formula is C22H22F2N2O4. The molecule has 1 saturated heterocycles. The van der Waals surface area contributed by atoms with Crippen LogP contribution in [0.4, 0.5) is 14.5 Å². The fourth-order valence-corrected chi connectivity index (χ4v) is 3.86. The minimum atomic E-state index is -2.83. The fourth-order valence-electron chi connectivity index (χ4n) is 3.86. The molecule has 0 radical (unpaired) electrons. The summed E-state index contributed by atoms with van der Waals surface area (Å²) >= 11 is 0. The molecule has 2 aliphatic rings. The highest BCUT2D eigenvalue weighted by Gasteiger charge is 2.27. The van der Waals surface area contributed by atoms with Gasteiger partial charge in [0.2, 0.25) is 0 Å². The second-order valence-electron chi connectivity index (χ2n) is 7.48. The van der Waals surface area contributed by atoms with Crippen molar-refractivity contribution in [3.63, 3.8) is 0 Å². The van der Waals surface area contributed by atoms with E-state index in [1.807, 2.05) is 0 Å². The number of nitrogens with one attached hydrogen (secondary N) is 1. The van der Waals surface area contributed by atoms with Crippen LogP contribution in [0.1, 0.15) is 28.8 Å². The van der Waals surface area contributed by atoms with Gasteiger partial charge in [0, 0.05) is 18.0 Å². The summed E-state index contributed by atoms with van der Waals surface area (Å²) in [5.41, 5.74) is 2.12. The number of Topliss-reactive ketones (excluding diaryl/α,β-unsaturated/α-hetero) is 1. The predicted octanol–water partition coefficient (Wildman–Crippen LogP) is 3.71. The van der Waals surface area contributed by atoms with Gasteiger partial charge < -0.3 is 14.8 Å². The molecule has 1 N–H and O–H groups in total. The zero-order valence-corrected chi connectivity index (χ0v) is 16.3. The Kier molecular flexibility index (Phi) is 5.94. The van der Waals surface area contributed by atoms with Gasteiger partial charge in [-0.05, 0) is 61.8 Å². The molecule has 4 rings (SSSR count). The van der Waals surface area contributed by atoms with E-state index in [-0.39, 0.29) is 30.0 Å². The van der Waals surface area contributed by atoms with Crippen molar-refractivity contribution in [2.45, 2.75) is 26.0 Å². The van der Waals surface area contributed by atoms with Gasteiger partial charge in [-0.15, -0.1) is 0 Å². The van der Waals surface area contributed by atoms with E-state index < -0.39 is 6.61 Å². The number of benzene rings is 2. The summed E-state index contributed by atoms with van der Waals surface area (Å²) in [6, 6.07) is 11.8. The third-order valence-corrected chi connectivity index (χ3v) is 5.41. The van der Waals surface area contributed by atoms with E-state index in [4.69, 9.17) is 4.74 Å². The van der Waals surface area contributed by atoms with Crippen molar-refractivity contribution >= 4 is 17.4 Å². The Morgan fingerprint density at radius 3 is 2.60 bits per heavy atom. The van der Waals surface area contributed by atoms with Crippen molar-refractivity contribution in [1.82, 2.24) is 4.90 Å². The Bertz CT molecular complexity index is 925. The molecule has 8 heteroatoms. The van der Waals surface area contributed by atoms with Crippen LogP contribution in [0.2, 0.25) is 0 Å². The Labute approximate surface area is 172 Å². The second kappa shape index (κ2) is 8.79. The monoisotopic (exact) mass is 416 g/mol. The maximum Gasteiger partial charge on any atom is 0.387 e. The third kappa shape index (κ3) is 4.76. The first-order valence-electron chi connectivity index (χ1n) is 9.85. The largest absolute Gasteiger partial charge is 0.482 e. The van der Waals surface area contributed by atoms with Crippen molar-refractivity contribution in [1.29, 1.82) is 0 Å². The summed E-state index contributed by atoms with van der Waals surface area (Å²) in [5, 5.41) is 2.73. The molecule has 0 unspecified atom stereocenters. The molecule has 1 amide bonds. The topological polar surface area (TPSA) is 67.9 Å². The lowest BCUT2D eigenvalue weighted by Gasteiger charge is -2.31. The van der Waals surface area contributed by atoms with Crippen LogP contribution in [0, 0.1) is 5.92 Å². The van der Waals surface area contributed by atoms with Crippen LogP contribution in [-0.4, -0.2) is 42.9 Å². The number of carbonyl (C=O) groups is 2. The maximum absolute atomic E-state index is 12.9. The molecule has 1 fully saturated rings. The van der Waals surface area contributed by atoms with Crippen molar-refractivity contribution in [3.8, 4) is 11.5 Å². The molecule has 0 saturated carbocycles. The second-order valence-corrected chi connectivity index (χ2v) is 7.48. The number of carbonyl (C=O) groups excluding carboxylic acids is 2. The first kappa shape index (κ1) is 20.3. The van der Waals surface area contributed by atoms with E-state index in [0.29, 0.717) is 23.5 Å². The summed E-state index contributed by atoms with van der Waals surface area (Å²) in [4.78, 5) is 26.6.